The molecule has 0 aromatic carbocycles. The van der Waals surface area contributed by atoms with Gasteiger partial charge in [0.25, 0.3) is 0 Å². The van der Waals surface area contributed by atoms with Crippen molar-refractivity contribution < 1.29 is 31.3 Å². The first-order valence-corrected chi connectivity index (χ1v) is 10.5. The van der Waals surface area contributed by atoms with Crippen molar-refractivity contribution >= 4 is 26.0 Å². The van der Waals surface area contributed by atoms with Crippen LogP contribution in [0, 0.1) is 0 Å². The summed E-state index contributed by atoms with van der Waals surface area (Å²) in [5.41, 5.74) is 0. The van der Waals surface area contributed by atoms with E-state index in [9.17, 15) is 21.6 Å². The summed E-state index contributed by atoms with van der Waals surface area (Å²) in [7, 11) is -4.35. The number of hydrogen-bond donors (Lipinski definition) is 1. The fourth-order valence-corrected chi connectivity index (χ4v) is 5.14. The molecular formula is C12H27N2O6S2+. The van der Waals surface area contributed by atoms with Gasteiger partial charge in [-0.15, -0.1) is 0 Å². The lowest BCUT2D eigenvalue weighted by Crippen LogP contribution is -3.06. The lowest BCUT2D eigenvalue weighted by Gasteiger charge is -2.20. The fourth-order valence-electron chi connectivity index (χ4n) is 1.46. The molecule has 0 atom stereocenters. The minimum atomic E-state index is -4.05. The number of nitrogens with zero attached hydrogens (tertiary/aromatic N) is 1. The van der Waals surface area contributed by atoms with E-state index >= 15 is 0 Å². The molecule has 0 amide bonds. The highest BCUT2D eigenvalue weighted by Crippen LogP contribution is 2.12. The van der Waals surface area contributed by atoms with Crippen LogP contribution in [-0.4, -0.2) is 71.8 Å². The minimum absolute atomic E-state index is 0.107. The van der Waals surface area contributed by atoms with Gasteiger partial charge in [-0.05, 0) is 13.3 Å². The van der Waals surface area contributed by atoms with E-state index in [4.69, 9.17) is 4.74 Å². The number of rotatable bonds is 11. The first-order valence-electron chi connectivity index (χ1n) is 7.24. The number of unbranched alkanes of at least 4 members (excludes halogenated alkanes) is 1. The number of carbonyl (C=O) groups is 1. The minimum Gasteiger partial charge on any atom is -0.459 e. The van der Waals surface area contributed by atoms with Crippen molar-refractivity contribution in [1.29, 1.82) is 0 Å². The van der Waals surface area contributed by atoms with Crippen molar-refractivity contribution in [3.05, 3.63) is 0 Å². The third kappa shape index (κ3) is 7.52. The first kappa shape index (κ1) is 21.3. The Morgan fingerprint density at radius 1 is 1.09 bits per heavy atom. The number of quaternary nitrogens is 1. The van der Waals surface area contributed by atoms with Crippen molar-refractivity contribution in [1.82, 2.24) is 3.71 Å². The molecule has 0 aromatic heterocycles. The van der Waals surface area contributed by atoms with Crippen LogP contribution < -0.4 is 4.90 Å². The number of carbonyl (C=O) groups excluding carboxylic acids is 1. The average Bonchev–Trinajstić information content (AvgIpc) is 2.42. The number of esters is 1. The quantitative estimate of drug-likeness (QED) is 0.448. The summed E-state index contributed by atoms with van der Waals surface area (Å²) < 4.78 is 53.4. The van der Waals surface area contributed by atoms with Crippen molar-refractivity contribution in [3.63, 3.8) is 0 Å². The lowest BCUT2D eigenvalue weighted by atomic mass is 10.4. The third-order valence-electron chi connectivity index (χ3n) is 2.86. The van der Waals surface area contributed by atoms with Gasteiger partial charge in [0.05, 0.1) is 25.6 Å². The highest BCUT2D eigenvalue weighted by molar-refractivity contribution is 8.04. The van der Waals surface area contributed by atoms with E-state index < -0.39 is 38.3 Å². The molecule has 0 aromatic rings. The Balaban J connectivity index is 5.01. The Morgan fingerprint density at radius 3 is 2.14 bits per heavy atom. The summed E-state index contributed by atoms with van der Waals surface area (Å²) in [4.78, 5) is 12.8. The second kappa shape index (κ2) is 9.43. The molecule has 0 heterocycles. The lowest BCUT2D eigenvalue weighted by molar-refractivity contribution is -0.858. The topological polar surface area (TPSA) is 102 Å². The molecule has 22 heavy (non-hydrogen) atoms. The molecule has 0 aliphatic heterocycles. The summed E-state index contributed by atoms with van der Waals surface area (Å²) in [6, 6.07) is 0. The molecule has 0 bridgehead atoms. The van der Waals surface area contributed by atoms with Crippen LogP contribution in [-0.2, 0) is 29.6 Å². The van der Waals surface area contributed by atoms with Crippen LogP contribution in [0.2, 0.25) is 0 Å². The maximum atomic E-state index is 12.1. The van der Waals surface area contributed by atoms with Crippen LogP contribution in [0.25, 0.3) is 0 Å². The van der Waals surface area contributed by atoms with Crippen LogP contribution in [0.15, 0.2) is 0 Å². The van der Waals surface area contributed by atoms with Gasteiger partial charge in [0, 0.05) is 0 Å². The van der Waals surface area contributed by atoms with Gasteiger partial charge in [-0.2, -0.15) is 0 Å². The van der Waals surface area contributed by atoms with Crippen LogP contribution in [0.1, 0.15) is 26.7 Å². The molecule has 0 aliphatic rings. The van der Waals surface area contributed by atoms with Gasteiger partial charge in [0.2, 0.25) is 20.0 Å². The van der Waals surface area contributed by atoms with Gasteiger partial charge in [0.15, 0.2) is 0 Å². The maximum absolute atomic E-state index is 12.1. The monoisotopic (exact) mass is 359 g/mol. The molecule has 1 N–H and O–H groups in total. The number of ether oxygens (including phenoxy) is 1. The molecule has 0 saturated heterocycles. The number of hydrogen-bond acceptors (Lipinski definition) is 6. The highest BCUT2D eigenvalue weighted by Gasteiger charge is 2.34. The standard InChI is InChI=1S/C12H26N2O6S2/c1-5-7-10-22(18,19)14(21(16,17)6-2)11-12(15)20-9-8-13(3)4/h5-11H2,1-4H3/p+1. The molecule has 0 spiro atoms. The molecular weight excluding hydrogens is 332 g/mol. The normalized spacial score (nSPS) is 12.8. The Hall–Kier alpha value is -0.710. The zero-order chi connectivity index (χ0) is 17.4. The molecule has 0 rings (SSSR count). The molecule has 0 saturated carbocycles. The van der Waals surface area contributed by atoms with Crippen molar-refractivity contribution in [2.45, 2.75) is 26.7 Å². The Morgan fingerprint density at radius 2 is 1.68 bits per heavy atom. The summed E-state index contributed by atoms with van der Waals surface area (Å²) in [6.07, 6.45) is 0.937. The van der Waals surface area contributed by atoms with Crippen molar-refractivity contribution in [2.75, 3.05) is 45.3 Å². The molecule has 0 aliphatic carbocycles. The predicted octanol–water partition coefficient (Wildman–Crippen LogP) is -1.54. The molecule has 8 nitrogen and oxygen atoms in total. The van der Waals surface area contributed by atoms with E-state index in [1.807, 2.05) is 14.1 Å². The van der Waals surface area contributed by atoms with Gasteiger partial charge < -0.3 is 9.64 Å². The largest absolute Gasteiger partial charge is 0.459 e. The van der Waals surface area contributed by atoms with Gasteiger partial charge >= 0.3 is 5.97 Å². The van der Waals surface area contributed by atoms with Gasteiger partial charge in [-0.1, -0.05) is 17.1 Å². The fraction of sp³-hybridized carbons (Fsp3) is 0.917. The molecule has 10 heteroatoms. The summed E-state index contributed by atoms with van der Waals surface area (Å²) >= 11 is 0. The molecule has 0 radical (unpaired) electrons. The van der Waals surface area contributed by atoms with E-state index in [-0.39, 0.29) is 16.1 Å². The first-order chi connectivity index (χ1) is 10.1. The zero-order valence-corrected chi connectivity index (χ0v) is 15.3. The highest BCUT2D eigenvalue weighted by atomic mass is 32.3. The summed E-state index contributed by atoms with van der Waals surface area (Å²) in [6.45, 7) is 2.99. The van der Waals surface area contributed by atoms with Crippen molar-refractivity contribution in [3.8, 4) is 0 Å². The second-order valence-electron chi connectivity index (χ2n) is 5.18. The van der Waals surface area contributed by atoms with Gasteiger partial charge in [0.1, 0.15) is 19.7 Å². The molecule has 0 unspecified atom stereocenters. The van der Waals surface area contributed by atoms with Gasteiger partial charge in [-0.25, -0.2) is 16.8 Å². The van der Waals surface area contributed by atoms with Crippen LogP contribution in [0.5, 0.6) is 0 Å². The van der Waals surface area contributed by atoms with Crippen molar-refractivity contribution in [2.24, 2.45) is 0 Å². The summed E-state index contributed by atoms with van der Waals surface area (Å²) in [5, 5.41) is 0. The third-order valence-corrected chi connectivity index (χ3v) is 7.26. The summed E-state index contributed by atoms with van der Waals surface area (Å²) in [5.74, 6) is -1.57. The van der Waals surface area contributed by atoms with E-state index in [1.54, 1.807) is 6.92 Å². The Bertz CT molecular complexity index is 542. The SMILES string of the molecule is CCCCS(=O)(=O)N(CC(=O)OCC[NH+](C)C)S(=O)(=O)CC. The number of nitrogens with one attached hydrogen (secondary N) is 1. The van der Waals surface area contributed by atoms with Crippen LogP contribution in [0.3, 0.4) is 0 Å². The Labute approximate surface area is 133 Å². The van der Waals surface area contributed by atoms with E-state index in [2.05, 4.69) is 0 Å². The van der Waals surface area contributed by atoms with Gasteiger partial charge in [-0.3, -0.25) is 4.79 Å². The van der Waals surface area contributed by atoms with E-state index in [0.717, 1.165) is 4.90 Å². The second-order valence-corrected chi connectivity index (χ2v) is 9.60. The smallest absolute Gasteiger partial charge is 0.322 e. The van der Waals surface area contributed by atoms with Crippen LogP contribution >= 0.6 is 0 Å². The average molecular weight is 359 g/mol. The predicted molar refractivity (Wildman–Crippen MR) is 83.5 cm³/mol. The van der Waals surface area contributed by atoms with E-state index in [0.29, 0.717) is 19.4 Å². The molecule has 132 valence electrons. The number of sulfonamides is 2. The zero-order valence-electron chi connectivity index (χ0n) is 13.7. The maximum Gasteiger partial charge on any atom is 0.322 e. The number of likely N-dealkylation sites (N-methyl/N-ethyl adjacent to an activating group) is 1. The Kier molecular flexibility index (Phi) is 9.13. The van der Waals surface area contributed by atoms with E-state index in [1.165, 1.54) is 6.92 Å². The molecule has 0 fully saturated rings. The van der Waals surface area contributed by atoms with Crippen LogP contribution in [0.4, 0.5) is 0 Å².